The molecule has 46 heavy (non-hydrogen) atoms. The van der Waals surface area contributed by atoms with Gasteiger partial charge < -0.3 is 24.7 Å². The summed E-state index contributed by atoms with van der Waals surface area (Å²) in [5.41, 5.74) is 4.14. The topological polar surface area (TPSA) is 148 Å². The smallest absolute Gasteiger partial charge is 0.312 e. The van der Waals surface area contributed by atoms with Crippen LogP contribution in [0, 0.1) is 29.1 Å². The molecule has 1 aromatic rings. The number of hydrogen-bond donors (Lipinski definition) is 1. The Morgan fingerprint density at radius 2 is 1.72 bits per heavy atom. The molecule has 4 rings (SSSR count). The molecule has 1 saturated carbocycles. The number of nitrogens with two attached hydrogens (primary N) is 1. The van der Waals surface area contributed by atoms with Crippen molar-refractivity contribution >= 4 is 29.8 Å². The predicted molar refractivity (Wildman–Crippen MR) is 169 cm³/mol. The van der Waals surface area contributed by atoms with Crippen LogP contribution in [0.25, 0.3) is 0 Å². The number of carbonyl (C=O) groups is 5. The molecular weight excluding hydrogens is 590 g/mol. The van der Waals surface area contributed by atoms with Crippen molar-refractivity contribution in [3.05, 3.63) is 42.0 Å². The average Bonchev–Trinajstić information content (AvgIpc) is 2.99. The van der Waals surface area contributed by atoms with E-state index in [1.165, 1.54) is 24.3 Å². The minimum atomic E-state index is -0.770. The molecule has 2 N–H and O–H groups in total. The van der Waals surface area contributed by atoms with Gasteiger partial charge in [-0.25, -0.2) is 0 Å². The van der Waals surface area contributed by atoms with E-state index in [4.69, 9.17) is 24.7 Å². The maximum absolute atomic E-state index is 13.2. The van der Waals surface area contributed by atoms with E-state index in [0.717, 1.165) is 19.3 Å². The number of rotatable bonds is 12. The lowest BCUT2D eigenvalue weighted by Gasteiger charge is -2.49. The molecular formula is C36H49NO9. The van der Waals surface area contributed by atoms with E-state index in [9.17, 15) is 24.0 Å². The van der Waals surface area contributed by atoms with Crippen molar-refractivity contribution in [3.8, 4) is 5.75 Å². The zero-order valence-corrected chi connectivity index (χ0v) is 27.8. The molecule has 1 aliphatic heterocycles. The van der Waals surface area contributed by atoms with Crippen LogP contribution in [0.1, 0.15) is 109 Å². The molecule has 7 unspecified atom stereocenters. The van der Waals surface area contributed by atoms with E-state index in [0.29, 0.717) is 43.4 Å². The summed E-state index contributed by atoms with van der Waals surface area (Å²) in [4.78, 5) is 61.8. The van der Waals surface area contributed by atoms with Gasteiger partial charge in [0.25, 0.3) is 0 Å². The Balaban J connectivity index is 1.33. The van der Waals surface area contributed by atoms with E-state index < -0.39 is 47.0 Å². The molecule has 2 fully saturated rings. The van der Waals surface area contributed by atoms with Crippen molar-refractivity contribution in [1.29, 1.82) is 0 Å². The SMILES string of the molecule is CCC(C)(C)C(=O)OC1(C)C=CC2CC(C)CCC2C1CCC1CC(OC(=O)CCC(=O)Oc2ccc(C(N)=O)cc2)CC(=O)O1. The molecule has 2 aliphatic carbocycles. The van der Waals surface area contributed by atoms with Crippen molar-refractivity contribution in [2.75, 3.05) is 0 Å². The third-order valence-electron chi connectivity index (χ3n) is 10.1. The lowest BCUT2D eigenvalue weighted by molar-refractivity contribution is -0.175. The zero-order chi connectivity index (χ0) is 33.6. The number of carbonyl (C=O) groups excluding carboxylic acids is 5. The number of allylic oxidation sites excluding steroid dienone is 1. The van der Waals surface area contributed by atoms with Crippen LogP contribution in [0.2, 0.25) is 0 Å². The van der Waals surface area contributed by atoms with Gasteiger partial charge in [-0.2, -0.15) is 0 Å². The van der Waals surface area contributed by atoms with Gasteiger partial charge in [0.2, 0.25) is 5.91 Å². The van der Waals surface area contributed by atoms with Gasteiger partial charge >= 0.3 is 23.9 Å². The molecule has 3 aliphatic rings. The summed E-state index contributed by atoms with van der Waals surface area (Å²) in [6.07, 6.45) is 8.35. The Morgan fingerprint density at radius 1 is 1.02 bits per heavy atom. The highest BCUT2D eigenvalue weighted by atomic mass is 16.6. The second kappa shape index (κ2) is 14.8. The Hall–Kier alpha value is -3.69. The maximum Gasteiger partial charge on any atom is 0.312 e. The molecule has 252 valence electrons. The molecule has 1 heterocycles. The van der Waals surface area contributed by atoms with Crippen LogP contribution in [-0.4, -0.2) is 47.6 Å². The summed E-state index contributed by atoms with van der Waals surface area (Å²) in [5, 5.41) is 0. The zero-order valence-electron chi connectivity index (χ0n) is 27.8. The molecule has 0 bridgehead atoms. The second-order valence-electron chi connectivity index (χ2n) is 14.1. The first kappa shape index (κ1) is 35.2. The summed E-state index contributed by atoms with van der Waals surface area (Å²) in [6.45, 7) is 10.1. The fraction of sp³-hybridized carbons (Fsp3) is 0.639. The van der Waals surface area contributed by atoms with Gasteiger partial charge in [0.1, 0.15) is 23.6 Å². The number of ether oxygens (including phenoxy) is 4. The van der Waals surface area contributed by atoms with Gasteiger partial charge in [0.05, 0.1) is 24.7 Å². The lowest BCUT2D eigenvalue weighted by Crippen LogP contribution is -2.49. The van der Waals surface area contributed by atoms with Crippen LogP contribution in [0.4, 0.5) is 0 Å². The monoisotopic (exact) mass is 639 g/mol. The van der Waals surface area contributed by atoms with Crippen LogP contribution < -0.4 is 10.5 Å². The van der Waals surface area contributed by atoms with E-state index >= 15 is 0 Å². The normalized spacial score (nSPS) is 29.2. The lowest BCUT2D eigenvalue weighted by atomic mass is 9.60. The number of fused-ring (bicyclic) bond motifs is 1. The summed E-state index contributed by atoms with van der Waals surface area (Å²) in [5.74, 6) is -0.763. The highest BCUT2D eigenvalue weighted by molar-refractivity contribution is 5.92. The largest absolute Gasteiger partial charge is 0.462 e. The first-order valence-electron chi connectivity index (χ1n) is 16.6. The number of cyclic esters (lactones) is 1. The van der Waals surface area contributed by atoms with Gasteiger partial charge in [0.15, 0.2) is 0 Å². The molecule has 0 aromatic heterocycles. The average molecular weight is 640 g/mol. The molecule has 10 nitrogen and oxygen atoms in total. The summed E-state index contributed by atoms with van der Waals surface area (Å²) < 4.78 is 22.8. The van der Waals surface area contributed by atoms with Crippen molar-refractivity contribution < 1.29 is 42.9 Å². The predicted octanol–water partition coefficient (Wildman–Crippen LogP) is 5.85. The van der Waals surface area contributed by atoms with Crippen LogP contribution in [-0.2, 0) is 33.4 Å². The first-order chi connectivity index (χ1) is 21.7. The number of hydrogen-bond acceptors (Lipinski definition) is 9. The highest BCUT2D eigenvalue weighted by Crippen LogP contribution is 2.50. The van der Waals surface area contributed by atoms with Crippen LogP contribution in [0.3, 0.4) is 0 Å². The van der Waals surface area contributed by atoms with Gasteiger partial charge in [-0.05, 0) is 101 Å². The number of esters is 4. The minimum Gasteiger partial charge on any atom is -0.462 e. The molecule has 7 atom stereocenters. The Labute approximate surface area is 271 Å². The number of benzene rings is 1. The van der Waals surface area contributed by atoms with Crippen molar-refractivity contribution in [1.82, 2.24) is 0 Å². The second-order valence-corrected chi connectivity index (χ2v) is 14.1. The van der Waals surface area contributed by atoms with Gasteiger partial charge in [-0.15, -0.1) is 0 Å². The van der Waals surface area contributed by atoms with E-state index in [1.807, 2.05) is 27.7 Å². The third-order valence-corrected chi connectivity index (χ3v) is 10.1. The molecule has 10 heteroatoms. The number of primary amides is 1. The summed E-state index contributed by atoms with van der Waals surface area (Å²) in [6, 6.07) is 5.77. The summed E-state index contributed by atoms with van der Waals surface area (Å²) >= 11 is 0. The Bertz CT molecular complexity index is 1320. The van der Waals surface area contributed by atoms with E-state index in [1.54, 1.807) is 0 Å². The molecule has 1 aromatic carbocycles. The Morgan fingerprint density at radius 3 is 2.39 bits per heavy atom. The quantitative estimate of drug-likeness (QED) is 0.129. The maximum atomic E-state index is 13.2. The van der Waals surface area contributed by atoms with Crippen LogP contribution in [0.5, 0.6) is 5.75 Å². The number of amides is 1. The minimum absolute atomic E-state index is 0.0465. The standard InChI is InChI=1S/C36H49NO9/c1-6-35(3,4)34(42)46-36(5)18-17-24-19-22(2)7-13-28(24)29(36)14-12-26-20-27(21-32(40)44-26)45-31(39)16-15-30(38)43-25-10-8-23(9-11-25)33(37)41/h8-11,17-18,22,24,26-29H,6-7,12-16,19-21H2,1-5H3,(H2,37,41). The molecule has 1 saturated heterocycles. The van der Waals surface area contributed by atoms with Gasteiger partial charge in [-0.3, -0.25) is 24.0 Å². The highest BCUT2D eigenvalue weighted by Gasteiger charge is 2.49. The van der Waals surface area contributed by atoms with Gasteiger partial charge in [-0.1, -0.05) is 26.3 Å². The fourth-order valence-corrected chi connectivity index (χ4v) is 6.92. The Kier molecular flexibility index (Phi) is 11.3. The fourth-order valence-electron chi connectivity index (χ4n) is 6.92. The molecule has 0 spiro atoms. The van der Waals surface area contributed by atoms with Crippen molar-refractivity contribution in [2.24, 2.45) is 34.8 Å². The third kappa shape index (κ3) is 8.97. The van der Waals surface area contributed by atoms with E-state index in [-0.39, 0.29) is 42.5 Å². The molecule has 0 radical (unpaired) electrons. The van der Waals surface area contributed by atoms with Crippen LogP contribution >= 0.6 is 0 Å². The van der Waals surface area contributed by atoms with E-state index in [2.05, 4.69) is 19.1 Å². The van der Waals surface area contributed by atoms with Crippen LogP contribution in [0.15, 0.2) is 36.4 Å². The first-order valence-corrected chi connectivity index (χ1v) is 16.6. The van der Waals surface area contributed by atoms with Crippen molar-refractivity contribution in [2.45, 2.75) is 117 Å². The van der Waals surface area contributed by atoms with Gasteiger partial charge in [0, 0.05) is 17.9 Å². The van der Waals surface area contributed by atoms with Crippen molar-refractivity contribution in [3.63, 3.8) is 0 Å². The summed E-state index contributed by atoms with van der Waals surface area (Å²) in [7, 11) is 0. The molecule has 1 amide bonds.